The Hall–Kier alpha value is -3.62. The van der Waals surface area contributed by atoms with Crippen molar-refractivity contribution >= 4 is 52.8 Å². The van der Waals surface area contributed by atoms with E-state index in [1.165, 1.54) is 0 Å². The first-order chi connectivity index (χ1) is 15.1. The number of allylic oxidation sites excluding steroid dienone is 1. The van der Waals surface area contributed by atoms with Crippen LogP contribution in [0, 0.1) is 0 Å². The molecule has 3 aromatic rings. The Morgan fingerprint density at radius 2 is 2.10 bits per heavy atom. The molecule has 1 aliphatic rings. The minimum absolute atomic E-state index is 0.00634. The lowest BCUT2D eigenvalue weighted by Gasteiger charge is -2.08. The van der Waals surface area contributed by atoms with E-state index in [1.807, 2.05) is 6.07 Å². The number of carbonyl (C=O) groups is 1. The van der Waals surface area contributed by atoms with E-state index in [0.29, 0.717) is 22.1 Å². The van der Waals surface area contributed by atoms with Gasteiger partial charge in [-0.15, -0.1) is 0 Å². The Kier molecular flexibility index (Phi) is 6.01. The van der Waals surface area contributed by atoms with Crippen molar-refractivity contribution < 1.29 is 24.2 Å². The first kappa shape index (κ1) is 20.6. The molecular formula is C22H18ClN3O5. The predicted octanol–water partition coefficient (Wildman–Crippen LogP) is 4.57. The summed E-state index contributed by atoms with van der Waals surface area (Å²) in [5.74, 6) is -0.606. The van der Waals surface area contributed by atoms with E-state index in [9.17, 15) is 9.90 Å². The summed E-state index contributed by atoms with van der Waals surface area (Å²) in [4.78, 5) is 21.0. The zero-order chi connectivity index (χ0) is 21.8. The number of aromatic nitrogens is 1. The number of nitrogens with one attached hydrogen (secondary N) is 1. The number of hydrogen-bond acceptors (Lipinski definition) is 8. The number of esters is 1. The van der Waals surface area contributed by atoms with Crippen LogP contribution in [0.15, 0.2) is 52.0 Å². The number of pyridine rings is 1. The van der Waals surface area contributed by atoms with Gasteiger partial charge in [0.2, 0.25) is 5.88 Å². The van der Waals surface area contributed by atoms with Crippen LogP contribution >= 0.6 is 11.6 Å². The number of aliphatic hydroxyl groups excluding tert-OH is 1. The molecule has 4 rings (SSSR count). The highest BCUT2D eigenvalue weighted by Crippen LogP contribution is 2.40. The maximum absolute atomic E-state index is 12.6. The Labute approximate surface area is 182 Å². The van der Waals surface area contributed by atoms with Crippen LogP contribution in [0.3, 0.4) is 0 Å². The fourth-order valence-electron chi connectivity index (χ4n) is 2.98. The van der Waals surface area contributed by atoms with Gasteiger partial charge in [0.25, 0.3) is 0 Å². The average molecular weight is 440 g/mol. The maximum atomic E-state index is 12.6. The van der Waals surface area contributed by atoms with Gasteiger partial charge in [-0.25, -0.2) is 14.8 Å². The van der Waals surface area contributed by atoms with Gasteiger partial charge in [0.15, 0.2) is 22.9 Å². The quantitative estimate of drug-likeness (QED) is 0.364. The fraction of sp³-hybridized carbons (Fsp3) is 0.136. The van der Waals surface area contributed by atoms with Gasteiger partial charge in [-0.2, -0.15) is 0 Å². The molecule has 0 aliphatic carbocycles. The summed E-state index contributed by atoms with van der Waals surface area (Å²) in [6.45, 7) is -0.132. The molecule has 0 saturated heterocycles. The van der Waals surface area contributed by atoms with Gasteiger partial charge in [-0.1, -0.05) is 23.7 Å². The number of anilines is 2. The minimum atomic E-state index is -0.795. The number of carbonyl (C=O) groups excluding carboxylic acids is 1. The Balaban J connectivity index is 1.73. The van der Waals surface area contributed by atoms with E-state index in [2.05, 4.69) is 15.3 Å². The van der Waals surface area contributed by atoms with Crippen molar-refractivity contribution in [1.82, 2.24) is 4.98 Å². The number of benzene rings is 1. The van der Waals surface area contributed by atoms with Gasteiger partial charge in [0, 0.05) is 36.6 Å². The molecule has 0 spiro atoms. The molecule has 0 bridgehead atoms. The van der Waals surface area contributed by atoms with E-state index in [1.54, 1.807) is 48.8 Å². The molecule has 2 aromatic heterocycles. The van der Waals surface area contributed by atoms with Gasteiger partial charge >= 0.3 is 5.97 Å². The Morgan fingerprint density at radius 3 is 2.90 bits per heavy atom. The van der Waals surface area contributed by atoms with Crippen molar-refractivity contribution in [3.63, 3.8) is 0 Å². The smallest absolute Gasteiger partial charge is 0.347 e. The summed E-state index contributed by atoms with van der Waals surface area (Å²) in [6, 6.07) is 10.5. The summed E-state index contributed by atoms with van der Waals surface area (Å²) < 4.78 is 10.9. The lowest BCUT2D eigenvalue weighted by Crippen LogP contribution is -2.09. The number of para-hydroxylation sites is 1. The number of hydrogen-bond donors (Lipinski definition) is 3. The van der Waals surface area contributed by atoms with Crippen LogP contribution < -0.4 is 5.32 Å². The number of furan rings is 1. The molecule has 0 atom stereocenters. The SMILES string of the molecule is O=C(OCCCO)c1c(Nc2ccccc2Cl)oc(C=C2C=Nc3ncccc32)c1O. The number of ether oxygens (including phenoxy) is 1. The van der Waals surface area contributed by atoms with Crippen LogP contribution in [0.5, 0.6) is 5.75 Å². The molecule has 0 radical (unpaired) electrons. The van der Waals surface area contributed by atoms with Gasteiger partial charge in [0.1, 0.15) is 0 Å². The molecule has 0 unspecified atom stereocenters. The lowest BCUT2D eigenvalue weighted by molar-refractivity contribution is 0.0480. The predicted molar refractivity (Wildman–Crippen MR) is 117 cm³/mol. The van der Waals surface area contributed by atoms with Gasteiger partial charge < -0.3 is 24.7 Å². The van der Waals surface area contributed by atoms with E-state index >= 15 is 0 Å². The highest BCUT2D eigenvalue weighted by Gasteiger charge is 2.27. The van der Waals surface area contributed by atoms with E-state index < -0.39 is 5.97 Å². The van der Waals surface area contributed by atoms with E-state index in [4.69, 9.17) is 25.9 Å². The fourth-order valence-corrected chi connectivity index (χ4v) is 3.17. The van der Waals surface area contributed by atoms with Crippen molar-refractivity contribution in [1.29, 1.82) is 0 Å². The minimum Gasteiger partial charge on any atom is -0.504 e. The van der Waals surface area contributed by atoms with Crippen molar-refractivity contribution in [2.75, 3.05) is 18.5 Å². The van der Waals surface area contributed by atoms with Gasteiger partial charge in [-0.05, 0) is 30.3 Å². The highest BCUT2D eigenvalue weighted by atomic mass is 35.5. The van der Waals surface area contributed by atoms with Crippen LogP contribution in [0.2, 0.25) is 5.02 Å². The molecule has 1 aliphatic heterocycles. The van der Waals surface area contributed by atoms with Gasteiger partial charge in [0.05, 0.1) is 17.3 Å². The topological polar surface area (TPSA) is 117 Å². The standard InChI is InChI=1S/C22H18ClN3O5/c23-15-6-1-2-7-16(15)26-21-18(22(29)30-10-4-9-27)19(28)17(31-21)11-13-12-25-20-14(13)5-3-8-24-20/h1-3,5-8,11-12,26-28H,4,9-10H2. The number of aliphatic imine (C=N–C) groups is 1. The third-order valence-corrected chi connectivity index (χ3v) is 4.81. The van der Waals surface area contributed by atoms with Crippen LogP contribution in [0.25, 0.3) is 11.6 Å². The molecule has 3 heterocycles. The molecule has 0 amide bonds. The van der Waals surface area contributed by atoms with E-state index in [0.717, 1.165) is 5.56 Å². The molecule has 3 N–H and O–H groups in total. The first-order valence-corrected chi connectivity index (χ1v) is 9.82. The second-order valence-electron chi connectivity index (χ2n) is 6.57. The Morgan fingerprint density at radius 1 is 1.26 bits per heavy atom. The normalized spacial score (nSPS) is 13.4. The molecule has 9 heteroatoms. The molecule has 1 aromatic carbocycles. The van der Waals surface area contributed by atoms with Crippen molar-refractivity contribution in [2.45, 2.75) is 6.42 Å². The second-order valence-corrected chi connectivity index (χ2v) is 6.98. The summed E-state index contributed by atoms with van der Waals surface area (Å²) >= 11 is 6.20. The lowest BCUT2D eigenvalue weighted by atomic mass is 10.1. The van der Waals surface area contributed by atoms with Crippen molar-refractivity contribution in [3.8, 4) is 5.75 Å². The number of fused-ring (bicyclic) bond motifs is 1. The van der Waals surface area contributed by atoms with Gasteiger partial charge in [-0.3, -0.25) is 0 Å². The first-order valence-electron chi connectivity index (χ1n) is 9.45. The number of rotatable bonds is 7. The third kappa shape index (κ3) is 4.30. The summed E-state index contributed by atoms with van der Waals surface area (Å²) in [7, 11) is 0. The zero-order valence-electron chi connectivity index (χ0n) is 16.2. The van der Waals surface area contributed by atoms with Crippen molar-refractivity contribution in [2.24, 2.45) is 4.99 Å². The molecule has 0 saturated carbocycles. The zero-order valence-corrected chi connectivity index (χ0v) is 17.0. The molecule has 8 nitrogen and oxygen atoms in total. The van der Waals surface area contributed by atoms with Crippen LogP contribution in [-0.4, -0.2) is 40.6 Å². The van der Waals surface area contributed by atoms with E-state index in [-0.39, 0.29) is 42.6 Å². The third-order valence-electron chi connectivity index (χ3n) is 4.48. The summed E-state index contributed by atoms with van der Waals surface area (Å²) in [5, 5.41) is 23.0. The number of nitrogens with zero attached hydrogens (tertiary/aromatic N) is 2. The molecular weight excluding hydrogens is 422 g/mol. The summed E-state index contributed by atoms with van der Waals surface area (Å²) in [6.07, 6.45) is 5.07. The largest absolute Gasteiger partial charge is 0.504 e. The number of halogens is 1. The van der Waals surface area contributed by atoms with Crippen LogP contribution in [0.4, 0.5) is 17.4 Å². The second kappa shape index (κ2) is 9.03. The van der Waals surface area contributed by atoms with Crippen LogP contribution in [0.1, 0.15) is 28.1 Å². The Bertz CT molecular complexity index is 1190. The average Bonchev–Trinajstić information content (AvgIpc) is 3.31. The number of aliphatic hydroxyl groups is 1. The molecule has 0 fully saturated rings. The summed E-state index contributed by atoms with van der Waals surface area (Å²) in [5.41, 5.74) is 1.74. The van der Waals surface area contributed by atoms with Crippen molar-refractivity contribution in [3.05, 3.63) is 64.5 Å². The van der Waals surface area contributed by atoms with Crippen LogP contribution in [-0.2, 0) is 4.74 Å². The number of aromatic hydroxyl groups is 1. The highest BCUT2D eigenvalue weighted by molar-refractivity contribution is 6.33. The maximum Gasteiger partial charge on any atom is 0.347 e. The molecule has 31 heavy (non-hydrogen) atoms. The monoisotopic (exact) mass is 439 g/mol. The molecule has 158 valence electrons.